The first-order chi connectivity index (χ1) is 7.56. The number of unbranched alkanes of at least 4 members (excludes halogenated alkanes) is 1. The number of rotatable bonds is 5. The molecule has 17 heavy (non-hydrogen) atoms. The summed E-state index contributed by atoms with van der Waals surface area (Å²) >= 11 is 17.7. The van der Waals surface area contributed by atoms with Gasteiger partial charge in [0.2, 0.25) is 0 Å². The van der Waals surface area contributed by atoms with Crippen molar-refractivity contribution in [3.63, 3.8) is 0 Å². The predicted molar refractivity (Wildman–Crippen MR) is 79.6 cm³/mol. The van der Waals surface area contributed by atoms with E-state index < -0.39 is 0 Å². The van der Waals surface area contributed by atoms with Crippen LogP contribution in [0.2, 0.25) is 15.1 Å². The molecule has 0 amide bonds. The molecular weight excluding hydrogens is 292 g/mol. The Morgan fingerprint density at radius 2 is 1.76 bits per heavy atom. The van der Waals surface area contributed by atoms with Gasteiger partial charge >= 0.3 is 0 Å². The molecule has 0 spiro atoms. The fourth-order valence-corrected chi connectivity index (χ4v) is 3.58. The van der Waals surface area contributed by atoms with Crippen LogP contribution in [-0.2, 0) is 0 Å². The van der Waals surface area contributed by atoms with Crippen molar-refractivity contribution < 1.29 is 4.79 Å². The maximum atomic E-state index is 11.9. The average Bonchev–Trinajstić information content (AvgIpc) is 2.16. The normalized spacial score (nSPS) is 10.6. The average molecular weight is 304 g/mol. The first-order valence-electron chi connectivity index (χ1n) is 4.99. The molecule has 0 saturated carbocycles. The Labute approximate surface area is 131 Å². The summed E-state index contributed by atoms with van der Waals surface area (Å²) in [4.78, 5) is 11.9. The molecule has 1 radical (unpaired) electrons. The summed E-state index contributed by atoms with van der Waals surface area (Å²) < 4.78 is 0. The Bertz CT molecular complexity index is 375. The SMILES string of the molecule is CCCCPC(=O)c1c(Cl)cc(Cl)cc1Cl.[Li]. The number of hydrogen-bond acceptors (Lipinski definition) is 1. The van der Waals surface area contributed by atoms with Gasteiger partial charge in [-0.05, 0) is 33.3 Å². The van der Waals surface area contributed by atoms with Crippen LogP contribution in [0.15, 0.2) is 12.1 Å². The molecule has 1 rings (SSSR count). The smallest absolute Gasteiger partial charge is 0.184 e. The van der Waals surface area contributed by atoms with Gasteiger partial charge in [0.15, 0.2) is 5.52 Å². The molecule has 0 fully saturated rings. The first-order valence-corrected chi connectivity index (χ1v) is 7.33. The van der Waals surface area contributed by atoms with E-state index in [0.717, 1.165) is 19.0 Å². The van der Waals surface area contributed by atoms with Crippen LogP contribution in [0.4, 0.5) is 0 Å². The monoisotopic (exact) mass is 303 g/mol. The number of halogens is 3. The minimum atomic E-state index is 0. The molecule has 0 saturated heterocycles. The molecule has 1 aromatic rings. The van der Waals surface area contributed by atoms with Crippen LogP contribution in [0.25, 0.3) is 0 Å². The summed E-state index contributed by atoms with van der Waals surface area (Å²) in [7, 11) is 0.229. The van der Waals surface area contributed by atoms with Gasteiger partial charge in [-0.3, -0.25) is 4.79 Å². The molecule has 89 valence electrons. The van der Waals surface area contributed by atoms with Crippen molar-refractivity contribution in [2.45, 2.75) is 19.8 Å². The maximum Gasteiger partial charge on any atom is 0.184 e. The van der Waals surface area contributed by atoms with Gasteiger partial charge in [0, 0.05) is 23.9 Å². The van der Waals surface area contributed by atoms with Crippen molar-refractivity contribution in [2.24, 2.45) is 0 Å². The van der Waals surface area contributed by atoms with E-state index in [9.17, 15) is 4.79 Å². The van der Waals surface area contributed by atoms with E-state index in [4.69, 9.17) is 34.8 Å². The standard InChI is InChI=1S/C11H12Cl3OP.Li/c1-2-3-4-16-11(15)10-8(13)5-7(12)6-9(10)14;/h5-6,16H,2-4H2,1H3;. The van der Waals surface area contributed by atoms with E-state index in [1.807, 2.05) is 0 Å². The third-order valence-electron chi connectivity index (χ3n) is 2.05. The molecular formula is C11H12Cl3LiOP. The summed E-state index contributed by atoms with van der Waals surface area (Å²) in [5.41, 5.74) is 0.419. The Hall–Kier alpha value is 0.787. The van der Waals surface area contributed by atoms with E-state index >= 15 is 0 Å². The number of carbonyl (C=O) groups excluding carboxylic acids is 1. The molecule has 0 aliphatic carbocycles. The molecule has 1 nitrogen and oxygen atoms in total. The van der Waals surface area contributed by atoms with Gasteiger partial charge < -0.3 is 0 Å². The van der Waals surface area contributed by atoms with Gasteiger partial charge in [-0.2, -0.15) is 0 Å². The molecule has 0 N–H and O–H groups in total. The second-order valence-electron chi connectivity index (χ2n) is 3.35. The van der Waals surface area contributed by atoms with Crippen molar-refractivity contribution in [3.05, 3.63) is 32.8 Å². The third kappa shape index (κ3) is 5.52. The second-order valence-corrected chi connectivity index (χ2v) is 5.91. The van der Waals surface area contributed by atoms with Crippen LogP contribution < -0.4 is 0 Å². The predicted octanol–water partition coefficient (Wildman–Crippen LogP) is 4.88. The van der Waals surface area contributed by atoms with Gasteiger partial charge in [-0.15, -0.1) is 0 Å². The van der Waals surface area contributed by atoms with Crippen molar-refractivity contribution in [1.29, 1.82) is 0 Å². The molecule has 1 aromatic carbocycles. The van der Waals surface area contributed by atoms with Gasteiger partial charge in [0.25, 0.3) is 0 Å². The van der Waals surface area contributed by atoms with E-state index in [-0.39, 0.29) is 33.0 Å². The quantitative estimate of drug-likeness (QED) is 0.430. The summed E-state index contributed by atoms with van der Waals surface area (Å²) in [5.74, 6) is 0. The van der Waals surface area contributed by atoms with E-state index in [0.29, 0.717) is 20.6 Å². The van der Waals surface area contributed by atoms with Gasteiger partial charge in [-0.25, -0.2) is 0 Å². The van der Waals surface area contributed by atoms with Crippen LogP contribution in [0.1, 0.15) is 30.1 Å². The zero-order valence-electron chi connectivity index (χ0n) is 9.82. The number of hydrogen-bond donors (Lipinski definition) is 0. The topological polar surface area (TPSA) is 17.1 Å². The summed E-state index contributed by atoms with van der Waals surface area (Å²) in [6, 6.07) is 3.10. The van der Waals surface area contributed by atoms with E-state index in [2.05, 4.69) is 6.92 Å². The molecule has 6 heteroatoms. The second kappa shape index (κ2) is 8.81. The molecule has 1 atom stereocenters. The van der Waals surface area contributed by atoms with Gasteiger partial charge in [-0.1, -0.05) is 48.1 Å². The first kappa shape index (κ1) is 17.8. The number of carbonyl (C=O) groups is 1. The van der Waals surface area contributed by atoms with Gasteiger partial charge in [0.05, 0.1) is 15.6 Å². The fourth-order valence-electron chi connectivity index (χ4n) is 1.23. The Morgan fingerprint density at radius 1 is 1.24 bits per heavy atom. The zero-order valence-corrected chi connectivity index (χ0v) is 13.1. The minimum absolute atomic E-state index is 0. The van der Waals surface area contributed by atoms with Gasteiger partial charge in [0.1, 0.15) is 0 Å². The van der Waals surface area contributed by atoms with E-state index in [1.54, 1.807) is 12.1 Å². The zero-order chi connectivity index (χ0) is 12.1. The Kier molecular flexibility index (Phi) is 9.22. The number of benzene rings is 1. The largest absolute Gasteiger partial charge is 0.289 e. The van der Waals surface area contributed by atoms with Crippen molar-refractivity contribution in [1.82, 2.24) is 0 Å². The Morgan fingerprint density at radius 3 is 2.24 bits per heavy atom. The maximum absolute atomic E-state index is 11.9. The summed E-state index contributed by atoms with van der Waals surface area (Å²) in [6.07, 6.45) is 3.03. The third-order valence-corrected chi connectivity index (χ3v) is 4.04. The molecule has 0 aromatic heterocycles. The minimum Gasteiger partial charge on any atom is -0.289 e. The molecule has 0 bridgehead atoms. The van der Waals surface area contributed by atoms with Crippen LogP contribution in [0.3, 0.4) is 0 Å². The van der Waals surface area contributed by atoms with Crippen LogP contribution >= 0.6 is 43.4 Å². The van der Waals surface area contributed by atoms with Crippen molar-refractivity contribution in [2.75, 3.05) is 6.16 Å². The van der Waals surface area contributed by atoms with Crippen molar-refractivity contribution in [3.8, 4) is 0 Å². The molecule has 0 aliphatic heterocycles. The fraction of sp³-hybridized carbons (Fsp3) is 0.364. The molecule has 1 unspecified atom stereocenters. The molecule has 0 heterocycles. The van der Waals surface area contributed by atoms with Crippen LogP contribution in [0, 0.1) is 0 Å². The van der Waals surface area contributed by atoms with E-state index in [1.165, 1.54) is 0 Å². The van der Waals surface area contributed by atoms with Crippen LogP contribution in [0.5, 0.6) is 0 Å². The van der Waals surface area contributed by atoms with Crippen molar-refractivity contribution >= 4 is 67.8 Å². The Balaban J connectivity index is 0.00000256. The molecule has 0 aliphatic rings. The van der Waals surface area contributed by atoms with Crippen LogP contribution in [-0.4, -0.2) is 30.5 Å². The summed E-state index contributed by atoms with van der Waals surface area (Å²) in [5, 5.41) is 1.13. The summed E-state index contributed by atoms with van der Waals surface area (Å²) in [6.45, 7) is 2.09.